The monoisotopic (exact) mass is 502 g/mol. The average molecular weight is 503 g/mol. The van der Waals surface area contributed by atoms with Gasteiger partial charge in [0, 0.05) is 27.8 Å². The summed E-state index contributed by atoms with van der Waals surface area (Å²) in [6.45, 7) is -0.409. The molecule has 0 spiro atoms. The van der Waals surface area contributed by atoms with Crippen LogP contribution in [0, 0.1) is 0 Å². The number of nitrogens with zero attached hydrogens (tertiary/aromatic N) is 2. The van der Waals surface area contributed by atoms with E-state index in [0.717, 1.165) is 12.1 Å². The lowest BCUT2D eigenvalue weighted by atomic mass is 10.2. The van der Waals surface area contributed by atoms with Gasteiger partial charge in [0.1, 0.15) is 12.1 Å². The Morgan fingerprint density at radius 3 is 2.46 bits per heavy atom. The molecule has 3 aromatic carbocycles. The maximum absolute atomic E-state index is 12.7. The fraction of sp³-hybridized carbons (Fsp3) is 0.125. The van der Waals surface area contributed by atoms with Crippen molar-refractivity contribution in [2.45, 2.75) is 6.18 Å². The predicted molar refractivity (Wildman–Crippen MR) is 126 cm³/mol. The summed E-state index contributed by atoms with van der Waals surface area (Å²) in [5.74, 6) is 0.520. The molecule has 1 amide bonds. The van der Waals surface area contributed by atoms with Crippen LogP contribution in [-0.4, -0.2) is 29.6 Å². The second-order valence-corrected chi connectivity index (χ2v) is 7.73. The molecule has 4 rings (SSSR count). The summed E-state index contributed by atoms with van der Waals surface area (Å²) in [5.41, 5.74) is 0.685. The number of ether oxygens (including phenoxy) is 2. The van der Waals surface area contributed by atoms with Gasteiger partial charge in [0.2, 0.25) is 0 Å². The van der Waals surface area contributed by atoms with E-state index in [4.69, 9.17) is 21.1 Å². The summed E-state index contributed by atoms with van der Waals surface area (Å²) in [7, 11) is 1.45. The van der Waals surface area contributed by atoms with Crippen LogP contribution in [-0.2, 0) is 11.0 Å². The van der Waals surface area contributed by atoms with E-state index >= 15 is 0 Å². The molecule has 0 bridgehead atoms. The number of rotatable bonds is 7. The lowest BCUT2D eigenvalue weighted by Crippen LogP contribution is -2.20. The van der Waals surface area contributed by atoms with Crippen molar-refractivity contribution in [3.63, 3.8) is 0 Å². The highest BCUT2D eigenvalue weighted by molar-refractivity contribution is 6.30. The summed E-state index contributed by atoms with van der Waals surface area (Å²) in [5, 5.41) is 6.82. The van der Waals surface area contributed by atoms with E-state index in [1.165, 1.54) is 25.6 Å². The molecule has 1 aromatic heterocycles. The van der Waals surface area contributed by atoms with Gasteiger partial charge in [0.15, 0.2) is 18.1 Å². The van der Waals surface area contributed by atoms with Gasteiger partial charge >= 0.3 is 6.18 Å². The van der Waals surface area contributed by atoms with Gasteiger partial charge in [-0.25, -0.2) is 9.97 Å². The van der Waals surface area contributed by atoms with Gasteiger partial charge < -0.3 is 20.1 Å². The van der Waals surface area contributed by atoms with Crippen LogP contribution in [0.4, 0.5) is 30.4 Å². The molecule has 0 aliphatic rings. The van der Waals surface area contributed by atoms with Crippen LogP contribution in [0.2, 0.25) is 5.02 Å². The fourth-order valence-electron chi connectivity index (χ4n) is 3.22. The highest BCUT2D eigenvalue weighted by atomic mass is 35.5. The second kappa shape index (κ2) is 10.1. The van der Waals surface area contributed by atoms with Gasteiger partial charge in [-0.1, -0.05) is 17.7 Å². The minimum absolute atomic E-state index is 0.207. The topological polar surface area (TPSA) is 85.4 Å². The van der Waals surface area contributed by atoms with Gasteiger partial charge in [-0.15, -0.1) is 0 Å². The molecule has 0 aliphatic heterocycles. The lowest BCUT2D eigenvalue weighted by molar-refractivity contribution is -0.137. The van der Waals surface area contributed by atoms with Gasteiger partial charge in [0.25, 0.3) is 5.91 Å². The van der Waals surface area contributed by atoms with Crippen LogP contribution in [0.5, 0.6) is 11.5 Å². The number of carbonyl (C=O) groups excluding carboxylic acids is 1. The molecule has 0 saturated carbocycles. The number of anilines is 3. The van der Waals surface area contributed by atoms with Gasteiger partial charge in [-0.3, -0.25) is 4.79 Å². The number of nitrogens with one attached hydrogen (secondary N) is 2. The molecular weight excluding hydrogens is 485 g/mol. The van der Waals surface area contributed by atoms with E-state index < -0.39 is 24.3 Å². The summed E-state index contributed by atoms with van der Waals surface area (Å²) in [4.78, 5) is 20.9. The number of hydrogen-bond acceptors (Lipinski definition) is 6. The molecule has 35 heavy (non-hydrogen) atoms. The average Bonchev–Trinajstić information content (AvgIpc) is 2.82. The lowest BCUT2D eigenvalue weighted by Gasteiger charge is -2.14. The number of carbonyl (C=O) groups is 1. The highest BCUT2D eigenvalue weighted by Gasteiger charge is 2.30. The Hall–Kier alpha value is -4.05. The minimum Gasteiger partial charge on any atom is -0.493 e. The SMILES string of the molecule is COc1cc2ncnc(Nc3cccc(Cl)c3)c2cc1OCC(=O)Nc1ccc(C(F)(F)F)cc1. The van der Waals surface area contributed by atoms with E-state index in [-0.39, 0.29) is 11.4 Å². The molecule has 180 valence electrons. The van der Waals surface area contributed by atoms with Crippen LogP contribution >= 0.6 is 11.6 Å². The molecule has 0 saturated heterocycles. The van der Waals surface area contributed by atoms with E-state index in [0.29, 0.717) is 33.2 Å². The normalized spacial score (nSPS) is 11.2. The molecule has 2 N–H and O–H groups in total. The summed E-state index contributed by atoms with van der Waals surface area (Å²) in [6, 6.07) is 14.5. The number of methoxy groups -OCH3 is 1. The molecule has 4 aromatic rings. The molecule has 11 heteroatoms. The van der Waals surface area contributed by atoms with Crippen molar-refractivity contribution in [2.24, 2.45) is 0 Å². The Morgan fingerprint density at radius 2 is 1.77 bits per heavy atom. The standard InChI is InChI=1S/C24H18ClF3N4O3/c1-34-20-11-19-18(23(30-13-29-19)32-17-4-2-3-15(25)9-17)10-21(20)35-12-22(33)31-16-7-5-14(6-8-16)24(26,27)28/h2-11,13H,12H2,1H3,(H,31,33)(H,29,30,32). The number of halogens is 4. The largest absolute Gasteiger partial charge is 0.493 e. The Balaban J connectivity index is 1.51. The van der Waals surface area contributed by atoms with Crippen LogP contribution in [0.25, 0.3) is 10.9 Å². The fourth-order valence-corrected chi connectivity index (χ4v) is 3.41. The molecule has 0 fully saturated rings. The zero-order valence-electron chi connectivity index (χ0n) is 18.2. The number of fused-ring (bicyclic) bond motifs is 1. The van der Waals surface area contributed by atoms with Crippen molar-refractivity contribution in [1.82, 2.24) is 9.97 Å². The molecular formula is C24H18ClF3N4O3. The van der Waals surface area contributed by atoms with Crippen LogP contribution < -0.4 is 20.1 Å². The molecule has 1 heterocycles. The number of hydrogen-bond donors (Lipinski definition) is 2. The summed E-state index contributed by atoms with van der Waals surface area (Å²) in [6.07, 6.45) is -3.06. The number of aromatic nitrogens is 2. The molecule has 0 aliphatic carbocycles. The third kappa shape index (κ3) is 5.90. The Morgan fingerprint density at radius 1 is 1.00 bits per heavy atom. The van der Waals surface area contributed by atoms with Gasteiger partial charge in [-0.05, 0) is 48.5 Å². The minimum atomic E-state index is -4.46. The van der Waals surface area contributed by atoms with Gasteiger partial charge in [0.05, 0.1) is 18.2 Å². The summed E-state index contributed by atoms with van der Waals surface area (Å²) >= 11 is 6.05. The quantitative estimate of drug-likeness (QED) is 0.319. The highest BCUT2D eigenvalue weighted by Crippen LogP contribution is 2.35. The van der Waals surface area contributed by atoms with E-state index in [1.807, 2.05) is 6.07 Å². The first kappa shape index (κ1) is 24.1. The Kier molecular flexibility index (Phi) is 6.92. The maximum Gasteiger partial charge on any atom is 0.416 e. The third-order valence-corrected chi connectivity index (χ3v) is 5.10. The number of benzene rings is 3. The van der Waals surface area contributed by atoms with E-state index in [1.54, 1.807) is 30.3 Å². The first-order chi connectivity index (χ1) is 16.7. The Labute approximate surface area is 202 Å². The number of amides is 1. The molecule has 0 radical (unpaired) electrons. The van der Waals surface area contributed by atoms with E-state index in [9.17, 15) is 18.0 Å². The first-order valence-electron chi connectivity index (χ1n) is 10.2. The van der Waals surface area contributed by atoms with Crippen molar-refractivity contribution in [2.75, 3.05) is 24.4 Å². The maximum atomic E-state index is 12.7. The van der Waals surface area contributed by atoms with Crippen molar-refractivity contribution >= 4 is 45.6 Å². The second-order valence-electron chi connectivity index (χ2n) is 7.29. The van der Waals surface area contributed by atoms with Crippen molar-refractivity contribution in [3.8, 4) is 11.5 Å². The van der Waals surface area contributed by atoms with Crippen LogP contribution in [0.3, 0.4) is 0 Å². The first-order valence-corrected chi connectivity index (χ1v) is 10.6. The zero-order valence-corrected chi connectivity index (χ0v) is 18.9. The molecule has 0 atom stereocenters. The van der Waals surface area contributed by atoms with Crippen LogP contribution in [0.15, 0.2) is 67.0 Å². The van der Waals surface area contributed by atoms with Crippen molar-refractivity contribution < 1.29 is 27.4 Å². The van der Waals surface area contributed by atoms with Gasteiger partial charge in [-0.2, -0.15) is 13.2 Å². The predicted octanol–water partition coefficient (Wildman–Crippen LogP) is 6.07. The molecule has 7 nitrogen and oxygen atoms in total. The smallest absolute Gasteiger partial charge is 0.416 e. The van der Waals surface area contributed by atoms with Crippen molar-refractivity contribution in [1.29, 1.82) is 0 Å². The van der Waals surface area contributed by atoms with Crippen LogP contribution in [0.1, 0.15) is 5.56 Å². The van der Waals surface area contributed by atoms with E-state index in [2.05, 4.69) is 20.6 Å². The zero-order chi connectivity index (χ0) is 25.0. The number of alkyl halides is 3. The summed E-state index contributed by atoms with van der Waals surface area (Å²) < 4.78 is 49.1. The molecule has 0 unspecified atom stereocenters. The van der Waals surface area contributed by atoms with Crippen molar-refractivity contribution in [3.05, 3.63) is 77.6 Å². The third-order valence-electron chi connectivity index (χ3n) is 4.86. The Bertz CT molecular complexity index is 1360.